The lowest BCUT2D eigenvalue weighted by Crippen LogP contribution is -2.17. The van der Waals surface area contributed by atoms with Crippen molar-refractivity contribution in [3.8, 4) is 0 Å². The molecule has 5 nitrogen and oxygen atoms in total. The maximum absolute atomic E-state index is 5.21. The standard InChI is InChI=1S/C11H16N4OS/c1-4-12-7(2)11-14-10(15-16-11)5-9-6-17-8(3)13-9/h6-7,12H,4-5H2,1-3H3. The number of rotatable bonds is 5. The van der Waals surface area contributed by atoms with Crippen LogP contribution in [0.3, 0.4) is 0 Å². The van der Waals surface area contributed by atoms with Crippen molar-refractivity contribution < 1.29 is 4.52 Å². The molecule has 2 aromatic rings. The fourth-order valence-corrected chi connectivity index (χ4v) is 2.17. The summed E-state index contributed by atoms with van der Waals surface area (Å²) in [4.78, 5) is 8.74. The monoisotopic (exact) mass is 252 g/mol. The molecule has 0 saturated heterocycles. The predicted octanol–water partition coefficient (Wildman–Crippen LogP) is 2.10. The minimum Gasteiger partial charge on any atom is -0.338 e. The first kappa shape index (κ1) is 12.2. The summed E-state index contributed by atoms with van der Waals surface area (Å²) in [6, 6.07) is 0.0958. The van der Waals surface area contributed by atoms with Crippen LogP contribution in [0.4, 0.5) is 0 Å². The van der Waals surface area contributed by atoms with Crippen LogP contribution in [0.15, 0.2) is 9.90 Å². The van der Waals surface area contributed by atoms with E-state index in [0.29, 0.717) is 18.1 Å². The van der Waals surface area contributed by atoms with Crippen molar-refractivity contribution in [2.45, 2.75) is 33.2 Å². The van der Waals surface area contributed by atoms with Crippen LogP contribution < -0.4 is 5.32 Å². The van der Waals surface area contributed by atoms with Gasteiger partial charge in [0.2, 0.25) is 5.89 Å². The molecule has 1 atom stereocenters. The quantitative estimate of drug-likeness (QED) is 0.882. The first-order valence-electron chi connectivity index (χ1n) is 5.66. The van der Waals surface area contributed by atoms with E-state index < -0.39 is 0 Å². The fourth-order valence-electron chi connectivity index (χ4n) is 1.56. The molecule has 0 aliphatic carbocycles. The van der Waals surface area contributed by atoms with E-state index in [0.717, 1.165) is 17.2 Å². The van der Waals surface area contributed by atoms with Gasteiger partial charge >= 0.3 is 0 Å². The van der Waals surface area contributed by atoms with Crippen LogP contribution in [-0.2, 0) is 6.42 Å². The zero-order valence-corrected chi connectivity index (χ0v) is 11.0. The highest BCUT2D eigenvalue weighted by atomic mass is 32.1. The van der Waals surface area contributed by atoms with Crippen molar-refractivity contribution in [2.75, 3.05) is 6.54 Å². The van der Waals surface area contributed by atoms with Gasteiger partial charge in [0, 0.05) is 5.38 Å². The molecule has 0 radical (unpaired) electrons. The van der Waals surface area contributed by atoms with Crippen LogP contribution in [0.5, 0.6) is 0 Å². The minimum atomic E-state index is 0.0958. The first-order valence-corrected chi connectivity index (χ1v) is 6.54. The van der Waals surface area contributed by atoms with Crippen LogP contribution in [0.1, 0.15) is 42.3 Å². The summed E-state index contributed by atoms with van der Waals surface area (Å²) in [5, 5.41) is 10.3. The van der Waals surface area contributed by atoms with E-state index in [1.807, 2.05) is 26.2 Å². The van der Waals surface area contributed by atoms with Crippen molar-refractivity contribution in [3.63, 3.8) is 0 Å². The summed E-state index contributed by atoms with van der Waals surface area (Å²) >= 11 is 1.64. The van der Waals surface area contributed by atoms with Crippen LogP contribution in [0.25, 0.3) is 0 Å². The maximum Gasteiger partial charge on any atom is 0.243 e. The largest absolute Gasteiger partial charge is 0.338 e. The molecule has 0 aromatic carbocycles. The van der Waals surface area contributed by atoms with Crippen molar-refractivity contribution in [1.29, 1.82) is 0 Å². The summed E-state index contributed by atoms with van der Waals surface area (Å²) in [5.41, 5.74) is 0.996. The van der Waals surface area contributed by atoms with E-state index in [1.165, 1.54) is 0 Å². The lowest BCUT2D eigenvalue weighted by molar-refractivity contribution is 0.339. The van der Waals surface area contributed by atoms with Gasteiger partial charge in [-0.3, -0.25) is 0 Å². The molecule has 0 bridgehead atoms. The van der Waals surface area contributed by atoms with Gasteiger partial charge in [0.1, 0.15) is 0 Å². The summed E-state index contributed by atoms with van der Waals surface area (Å²) in [5.74, 6) is 1.32. The van der Waals surface area contributed by atoms with E-state index in [9.17, 15) is 0 Å². The average molecular weight is 252 g/mol. The molecule has 0 saturated carbocycles. The predicted molar refractivity (Wildman–Crippen MR) is 66.0 cm³/mol. The van der Waals surface area contributed by atoms with Crippen molar-refractivity contribution in [1.82, 2.24) is 20.4 Å². The highest BCUT2D eigenvalue weighted by Gasteiger charge is 2.13. The minimum absolute atomic E-state index is 0.0958. The number of thiazole rings is 1. The lowest BCUT2D eigenvalue weighted by Gasteiger charge is -2.04. The molecule has 2 aromatic heterocycles. The van der Waals surface area contributed by atoms with Crippen LogP contribution in [0, 0.1) is 6.92 Å². The Morgan fingerprint density at radius 2 is 2.29 bits per heavy atom. The second-order valence-corrected chi connectivity index (χ2v) is 4.93. The molecule has 0 fully saturated rings. The molecule has 92 valence electrons. The Morgan fingerprint density at radius 3 is 2.94 bits per heavy atom. The molecule has 17 heavy (non-hydrogen) atoms. The van der Waals surface area contributed by atoms with E-state index in [1.54, 1.807) is 11.3 Å². The Morgan fingerprint density at radius 1 is 1.47 bits per heavy atom. The van der Waals surface area contributed by atoms with Gasteiger partial charge in [-0.2, -0.15) is 4.98 Å². The summed E-state index contributed by atoms with van der Waals surface area (Å²) in [6.45, 7) is 6.92. The van der Waals surface area contributed by atoms with Crippen LogP contribution in [-0.4, -0.2) is 21.7 Å². The number of nitrogens with zero attached hydrogens (tertiary/aromatic N) is 3. The zero-order valence-electron chi connectivity index (χ0n) is 10.2. The van der Waals surface area contributed by atoms with Gasteiger partial charge in [0.05, 0.1) is 23.2 Å². The van der Waals surface area contributed by atoms with E-state index in [2.05, 4.69) is 20.4 Å². The number of aryl methyl sites for hydroxylation is 1. The highest BCUT2D eigenvalue weighted by molar-refractivity contribution is 7.09. The maximum atomic E-state index is 5.21. The summed E-state index contributed by atoms with van der Waals surface area (Å²) in [6.07, 6.45) is 0.632. The van der Waals surface area contributed by atoms with Gasteiger partial charge in [0.25, 0.3) is 0 Å². The van der Waals surface area contributed by atoms with E-state index >= 15 is 0 Å². The molecule has 6 heteroatoms. The van der Waals surface area contributed by atoms with Gasteiger partial charge in [0.15, 0.2) is 5.82 Å². The van der Waals surface area contributed by atoms with Crippen molar-refractivity contribution >= 4 is 11.3 Å². The molecular weight excluding hydrogens is 236 g/mol. The third-order valence-corrected chi connectivity index (χ3v) is 3.19. The molecular formula is C11H16N4OS. The Kier molecular flexibility index (Phi) is 3.86. The Balaban J connectivity index is 2.03. The number of hydrogen-bond acceptors (Lipinski definition) is 6. The average Bonchev–Trinajstić information content (AvgIpc) is 2.89. The Hall–Kier alpha value is -1.27. The lowest BCUT2D eigenvalue weighted by atomic mass is 10.3. The molecule has 2 rings (SSSR count). The number of nitrogens with one attached hydrogen (secondary N) is 1. The Labute approximate surface area is 104 Å². The second-order valence-electron chi connectivity index (χ2n) is 3.86. The zero-order chi connectivity index (χ0) is 12.3. The second kappa shape index (κ2) is 5.37. The molecule has 1 N–H and O–H groups in total. The molecule has 0 aliphatic heterocycles. The normalized spacial score (nSPS) is 12.9. The number of hydrogen-bond donors (Lipinski definition) is 1. The summed E-state index contributed by atoms with van der Waals surface area (Å²) < 4.78 is 5.21. The van der Waals surface area contributed by atoms with Crippen LogP contribution in [0.2, 0.25) is 0 Å². The van der Waals surface area contributed by atoms with E-state index in [4.69, 9.17) is 4.52 Å². The smallest absolute Gasteiger partial charge is 0.243 e. The molecule has 0 spiro atoms. The molecule has 2 heterocycles. The molecule has 0 amide bonds. The van der Waals surface area contributed by atoms with Crippen molar-refractivity contribution in [3.05, 3.63) is 27.8 Å². The Bertz CT molecular complexity index is 479. The molecule has 1 unspecified atom stereocenters. The van der Waals surface area contributed by atoms with Gasteiger partial charge in [-0.05, 0) is 20.4 Å². The third kappa shape index (κ3) is 3.10. The van der Waals surface area contributed by atoms with Crippen LogP contribution >= 0.6 is 11.3 Å². The van der Waals surface area contributed by atoms with Gasteiger partial charge < -0.3 is 9.84 Å². The fraction of sp³-hybridized carbons (Fsp3) is 0.545. The highest BCUT2D eigenvalue weighted by Crippen LogP contribution is 2.13. The molecule has 0 aliphatic rings. The van der Waals surface area contributed by atoms with Gasteiger partial charge in [-0.1, -0.05) is 12.1 Å². The third-order valence-electron chi connectivity index (χ3n) is 2.37. The SMILES string of the molecule is CCNC(C)c1nc(Cc2csc(C)n2)no1. The van der Waals surface area contributed by atoms with Crippen molar-refractivity contribution in [2.24, 2.45) is 0 Å². The first-order chi connectivity index (χ1) is 8.19. The number of aromatic nitrogens is 3. The summed E-state index contributed by atoms with van der Waals surface area (Å²) in [7, 11) is 0. The topological polar surface area (TPSA) is 63.8 Å². The van der Waals surface area contributed by atoms with Gasteiger partial charge in [-0.15, -0.1) is 11.3 Å². The van der Waals surface area contributed by atoms with E-state index in [-0.39, 0.29) is 6.04 Å². The van der Waals surface area contributed by atoms with Gasteiger partial charge in [-0.25, -0.2) is 4.98 Å².